The quantitative estimate of drug-likeness (QED) is 0.861. The zero-order chi connectivity index (χ0) is 15.7. The molecule has 5 nitrogen and oxygen atoms in total. The lowest BCUT2D eigenvalue weighted by Gasteiger charge is -2.22. The Morgan fingerprint density at radius 1 is 1.27 bits per heavy atom. The smallest absolute Gasteiger partial charge is 0.264 e. The second-order valence-electron chi connectivity index (χ2n) is 5.41. The summed E-state index contributed by atoms with van der Waals surface area (Å²) in [5, 5.41) is 10.9. The van der Waals surface area contributed by atoms with Crippen molar-refractivity contribution in [2.45, 2.75) is 25.4 Å². The molecule has 1 aromatic carbocycles. The van der Waals surface area contributed by atoms with Crippen LogP contribution in [0.2, 0.25) is 0 Å². The number of carbonyl (C=O) groups excluding carboxylic acids is 2. The molecule has 1 unspecified atom stereocenters. The maximum Gasteiger partial charge on any atom is 0.264 e. The lowest BCUT2D eigenvalue weighted by Crippen LogP contribution is -2.42. The van der Waals surface area contributed by atoms with Gasteiger partial charge in [0, 0.05) is 12.1 Å². The Balaban J connectivity index is 1.98. The second-order valence-corrected chi connectivity index (χ2v) is 5.41. The molecule has 0 fully saturated rings. The normalized spacial score (nSPS) is 20.3. The molecule has 22 heavy (non-hydrogen) atoms. The lowest BCUT2D eigenvalue weighted by atomic mass is 9.89. The Morgan fingerprint density at radius 3 is 2.73 bits per heavy atom. The molecule has 1 aliphatic heterocycles. The van der Waals surface area contributed by atoms with Gasteiger partial charge in [0.15, 0.2) is 11.4 Å². The molecule has 1 aliphatic rings. The molecule has 0 radical (unpaired) electrons. The SMILES string of the molecule is CCCN1C(=O)C(O)(CC(=O)c2ccco2)c2ccccc21. The Bertz CT molecular complexity index is 707. The standard InChI is InChI=1S/C17H17NO4/c1-2-9-18-13-7-4-3-6-12(13)17(21,16(18)20)11-14(19)15-8-5-10-22-15/h3-8,10,21H,2,9,11H2,1H3. The number of aliphatic hydroxyl groups is 1. The van der Waals surface area contributed by atoms with Gasteiger partial charge in [-0.1, -0.05) is 25.1 Å². The Labute approximate surface area is 128 Å². The first-order valence-corrected chi connectivity index (χ1v) is 7.28. The van der Waals surface area contributed by atoms with Crippen molar-refractivity contribution in [2.24, 2.45) is 0 Å². The summed E-state index contributed by atoms with van der Waals surface area (Å²) in [4.78, 5) is 26.5. The van der Waals surface area contributed by atoms with E-state index in [1.165, 1.54) is 12.3 Å². The fourth-order valence-electron chi connectivity index (χ4n) is 2.88. The zero-order valence-electron chi connectivity index (χ0n) is 12.3. The molecule has 0 spiro atoms. The third-order valence-corrected chi connectivity index (χ3v) is 3.90. The summed E-state index contributed by atoms with van der Waals surface area (Å²) in [5.74, 6) is -0.697. The van der Waals surface area contributed by atoms with Gasteiger partial charge in [0.25, 0.3) is 5.91 Å². The van der Waals surface area contributed by atoms with Gasteiger partial charge in [0.1, 0.15) is 0 Å². The number of hydrogen-bond donors (Lipinski definition) is 1. The van der Waals surface area contributed by atoms with Crippen LogP contribution >= 0.6 is 0 Å². The second kappa shape index (κ2) is 5.42. The van der Waals surface area contributed by atoms with Gasteiger partial charge in [-0.15, -0.1) is 0 Å². The van der Waals surface area contributed by atoms with E-state index in [9.17, 15) is 14.7 Å². The van der Waals surface area contributed by atoms with Crippen LogP contribution in [-0.4, -0.2) is 23.3 Å². The van der Waals surface area contributed by atoms with Crippen LogP contribution in [-0.2, 0) is 10.4 Å². The summed E-state index contributed by atoms with van der Waals surface area (Å²) in [6.07, 6.45) is 1.84. The molecule has 0 saturated heterocycles. The number of nitrogens with zero attached hydrogens (tertiary/aromatic N) is 1. The minimum absolute atomic E-state index is 0.146. The van der Waals surface area contributed by atoms with Gasteiger partial charge in [-0.2, -0.15) is 0 Å². The predicted octanol–water partition coefficient (Wildman–Crippen LogP) is 2.50. The van der Waals surface area contributed by atoms with Crippen molar-refractivity contribution in [3.05, 3.63) is 54.0 Å². The minimum atomic E-state index is -1.82. The number of ketones is 1. The molecule has 1 aromatic heterocycles. The highest BCUT2D eigenvalue weighted by Gasteiger charge is 2.50. The number of anilines is 1. The van der Waals surface area contributed by atoms with E-state index in [0.29, 0.717) is 17.8 Å². The fourth-order valence-corrected chi connectivity index (χ4v) is 2.88. The monoisotopic (exact) mass is 299 g/mol. The first-order chi connectivity index (χ1) is 10.6. The van der Waals surface area contributed by atoms with Crippen LogP contribution in [0.3, 0.4) is 0 Å². The average molecular weight is 299 g/mol. The van der Waals surface area contributed by atoms with Crippen LogP contribution in [0.15, 0.2) is 47.1 Å². The van der Waals surface area contributed by atoms with Crippen molar-refractivity contribution in [3.63, 3.8) is 0 Å². The number of para-hydroxylation sites is 1. The summed E-state index contributed by atoms with van der Waals surface area (Å²) in [7, 11) is 0. The Kier molecular flexibility index (Phi) is 3.58. The molecule has 3 rings (SSSR count). The van der Waals surface area contributed by atoms with Crippen molar-refractivity contribution >= 4 is 17.4 Å². The van der Waals surface area contributed by atoms with Crippen molar-refractivity contribution in [2.75, 3.05) is 11.4 Å². The largest absolute Gasteiger partial charge is 0.461 e. The van der Waals surface area contributed by atoms with Crippen LogP contribution in [0, 0.1) is 0 Å². The van der Waals surface area contributed by atoms with Crippen LogP contribution in [0.5, 0.6) is 0 Å². The number of furan rings is 1. The Morgan fingerprint density at radius 2 is 2.05 bits per heavy atom. The molecule has 1 amide bonds. The van der Waals surface area contributed by atoms with E-state index in [4.69, 9.17) is 4.42 Å². The van der Waals surface area contributed by atoms with Crippen molar-refractivity contribution < 1.29 is 19.1 Å². The van der Waals surface area contributed by atoms with Gasteiger partial charge in [0.2, 0.25) is 5.78 Å². The summed E-state index contributed by atoms with van der Waals surface area (Å²) in [5.41, 5.74) is -0.673. The highest BCUT2D eigenvalue weighted by molar-refractivity contribution is 6.10. The number of benzene rings is 1. The lowest BCUT2D eigenvalue weighted by molar-refractivity contribution is -0.135. The van der Waals surface area contributed by atoms with E-state index in [1.54, 1.807) is 29.2 Å². The van der Waals surface area contributed by atoms with Crippen molar-refractivity contribution in [3.8, 4) is 0 Å². The summed E-state index contributed by atoms with van der Waals surface area (Å²) >= 11 is 0. The molecule has 0 saturated carbocycles. The number of Topliss-reactive ketones (excluding diaryl/α,β-unsaturated/α-hetero) is 1. The first kappa shape index (κ1) is 14.5. The topological polar surface area (TPSA) is 70.8 Å². The summed E-state index contributed by atoms with van der Waals surface area (Å²) in [6.45, 7) is 2.47. The third-order valence-electron chi connectivity index (χ3n) is 3.90. The maximum atomic E-state index is 12.7. The zero-order valence-corrected chi connectivity index (χ0v) is 12.3. The summed E-state index contributed by atoms with van der Waals surface area (Å²) < 4.78 is 5.06. The molecule has 2 heterocycles. The number of carbonyl (C=O) groups is 2. The van der Waals surface area contributed by atoms with E-state index in [1.807, 2.05) is 13.0 Å². The van der Waals surface area contributed by atoms with Gasteiger partial charge >= 0.3 is 0 Å². The number of fused-ring (bicyclic) bond motifs is 1. The number of amides is 1. The van der Waals surface area contributed by atoms with Gasteiger partial charge in [-0.25, -0.2) is 0 Å². The molecule has 5 heteroatoms. The molecule has 1 N–H and O–H groups in total. The van der Waals surface area contributed by atoms with Crippen LogP contribution in [0.4, 0.5) is 5.69 Å². The molecule has 1 atom stereocenters. The van der Waals surface area contributed by atoms with Crippen molar-refractivity contribution in [1.29, 1.82) is 0 Å². The Hall–Kier alpha value is -2.40. The van der Waals surface area contributed by atoms with E-state index in [2.05, 4.69) is 0 Å². The van der Waals surface area contributed by atoms with Gasteiger partial charge in [-0.3, -0.25) is 9.59 Å². The maximum absolute atomic E-state index is 12.7. The average Bonchev–Trinajstić information content (AvgIpc) is 3.11. The van der Waals surface area contributed by atoms with Crippen molar-refractivity contribution in [1.82, 2.24) is 0 Å². The van der Waals surface area contributed by atoms with Crippen LogP contribution < -0.4 is 4.90 Å². The van der Waals surface area contributed by atoms with Gasteiger partial charge in [0.05, 0.1) is 18.4 Å². The van der Waals surface area contributed by atoms with Gasteiger partial charge in [-0.05, 0) is 24.6 Å². The van der Waals surface area contributed by atoms with Crippen LogP contribution in [0.25, 0.3) is 0 Å². The minimum Gasteiger partial charge on any atom is -0.461 e. The molecular formula is C17H17NO4. The van der Waals surface area contributed by atoms with Crippen LogP contribution in [0.1, 0.15) is 35.9 Å². The number of rotatable bonds is 5. The van der Waals surface area contributed by atoms with Gasteiger partial charge < -0.3 is 14.4 Å². The highest BCUT2D eigenvalue weighted by Crippen LogP contribution is 2.42. The fraction of sp³-hybridized carbons (Fsp3) is 0.294. The molecule has 0 aliphatic carbocycles. The van der Waals surface area contributed by atoms with E-state index < -0.39 is 17.3 Å². The molecule has 0 bridgehead atoms. The predicted molar refractivity (Wildman–Crippen MR) is 80.6 cm³/mol. The third kappa shape index (κ3) is 2.14. The highest BCUT2D eigenvalue weighted by atomic mass is 16.3. The van der Waals surface area contributed by atoms with E-state index in [0.717, 1.165) is 6.42 Å². The molecular weight excluding hydrogens is 282 g/mol. The van der Waals surface area contributed by atoms with E-state index >= 15 is 0 Å². The molecule has 114 valence electrons. The summed E-state index contributed by atoms with van der Waals surface area (Å²) in [6, 6.07) is 10.2. The first-order valence-electron chi connectivity index (χ1n) is 7.28. The number of hydrogen-bond acceptors (Lipinski definition) is 4. The molecule has 2 aromatic rings. The van der Waals surface area contributed by atoms with E-state index in [-0.39, 0.29) is 12.2 Å².